The SMILES string of the molecule is O=C(O)[C@H](CC=Cc1ccccc1)[C@H](O)COCc1ccccc1. The average molecular weight is 326 g/mol. The van der Waals surface area contributed by atoms with E-state index < -0.39 is 18.0 Å². The second-order valence-corrected chi connectivity index (χ2v) is 5.56. The van der Waals surface area contributed by atoms with E-state index in [9.17, 15) is 15.0 Å². The molecule has 0 aliphatic rings. The molecule has 0 radical (unpaired) electrons. The van der Waals surface area contributed by atoms with Crippen molar-refractivity contribution in [2.75, 3.05) is 6.61 Å². The van der Waals surface area contributed by atoms with Crippen LogP contribution < -0.4 is 0 Å². The van der Waals surface area contributed by atoms with E-state index in [0.29, 0.717) is 6.61 Å². The van der Waals surface area contributed by atoms with Gasteiger partial charge in [-0.3, -0.25) is 4.79 Å². The van der Waals surface area contributed by atoms with E-state index in [1.165, 1.54) is 0 Å². The first-order valence-electron chi connectivity index (χ1n) is 7.91. The molecular formula is C20H22O4. The number of carbonyl (C=O) groups is 1. The van der Waals surface area contributed by atoms with Gasteiger partial charge in [0, 0.05) is 0 Å². The number of hydrogen-bond donors (Lipinski definition) is 2. The Hall–Kier alpha value is -2.43. The summed E-state index contributed by atoms with van der Waals surface area (Å²) in [5.74, 6) is -1.91. The Morgan fingerprint density at radius 3 is 2.29 bits per heavy atom. The van der Waals surface area contributed by atoms with Crippen molar-refractivity contribution >= 4 is 12.0 Å². The van der Waals surface area contributed by atoms with E-state index in [0.717, 1.165) is 11.1 Å². The summed E-state index contributed by atoms with van der Waals surface area (Å²) in [6, 6.07) is 19.2. The van der Waals surface area contributed by atoms with Crippen LogP contribution in [0.3, 0.4) is 0 Å². The van der Waals surface area contributed by atoms with Crippen molar-refractivity contribution in [3.8, 4) is 0 Å². The standard InChI is InChI=1S/C20H22O4/c21-19(15-24-14-17-10-5-2-6-11-17)18(20(22)23)13-7-12-16-8-3-1-4-9-16/h1-12,18-19,21H,13-15H2,(H,22,23)/t18-,19-/m1/s1. The Balaban J connectivity index is 1.82. The normalized spacial score (nSPS) is 13.7. The van der Waals surface area contributed by atoms with Gasteiger partial charge >= 0.3 is 5.97 Å². The van der Waals surface area contributed by atoms with Crippen LogP contribution in [0.2, 0.25) is 0 Å². The fraction of sp³-hybridized carbons (Fsp3) is 0.250. The molecular weight excluding hydrogens is 304 g/mol. The second kappa shape index (κ2) is 9.65. The Bertz CT molecular complexity index is 637. The molecule has 0 aliphatic carbocycles. The van der Waals surface area contributed by atoms with Gasteiger partial charge in [0.25, 0.3) is 0 Å². The molecule has 0 unspecified atom stereocenters. The van der Waals surface area contributed by atoms with Gasteiger partial charge in [-0.25, -0.2) is 0 Å². The van der Waals surface area contributed by atoms with Crippen LogP contribution in [0.5, 0.6) is 0 Å². The van der Waals surface area contributed by atoms with E-state index in [2.05, 4.69) is 0 Å². The maximum Gasteiger partial charge on any atom is 0.309 e. The number of ether oxygens (including phenoxy) is 1. The lowest BCUT2D eigenvalue weighted by Gasteiger charge is -2.18. The maximum absolute atomic E-state index is 11.4. The molecule has 2 aromatic rings. The van der Waals surface area contributed by atoms with E-state index in [-0.39, 0.29) is 13.0 Å². The molecule has 24 heavy (non-hydrogen) atoms. The monoisotopic (exact) mass is 326 g/mol. The number of carboxylic acid groups (broad SMARTS) is 1. The Kier molecular flexibility index (Phi) is 7.21. The molecule has 0 spiro atoms. The topological polar surface area (TPSA) is 66.8 Å². The van der Waals surface area contributed by atoms with Gasteiger partial charge in [-0.05, 0) is 17.5 Å². The van der Waals surface area contributed by atoms with Crippen LogP contribution in [0.25, 0.3) is 6.08 Å². The second-order valence-electron chi connectivity index (χ2n) is 5.56. The predicted octanol–water partition coefficient (Wildman–Crippen LogP) is 3.37. The molecule has 2 rings (SSSR count). The number of rotatable bonds is 9. The van der Waals surface area contributed by atoms with Crippen molar-refractivity contribution in [3.63, 3.8) is 0 Å². The number of benzene rings is 2. The zero-order chi connectivity index (χ0) is 17.2. The number of aliphatic hydroxyl groups is 1. The van der Waals surface area contributed by atoms with Gasteiger partial charge in [0.2, 0.25) is 0 Å². The summed E-state index contributed by atoms with van der Waals surface area (Å²) in [4.78, 5) is 11.4. The summed E-state index contributed by atoms with van der Waals surface area (Å²) < 4.78 is 5.44. The van der Waals surface area contributed by atoms with E-state index in [1.807, 2.05) is 66.7 Å². The molecule has 0 aromatic heterocycles. The third-order valence-electron chi connectivity index (χ3n) is 3.68. The quantitative estimate of drug-likeness (QED) is 0.741. The molecule has 2 aromatic carbocycles. The number of allylic oxidation sites excluding steroid dienone is 1. The summed E-state index contributed by atoms with van der Waals surface area (Å²) in [5.41, 5.74) is 1.98. The van der Waals surface area contributed by atoms with E-state index in [1.54, 1.807) is 6.08 Å². The van der Waals surface area contributed by atoms with Crippen LogP contribution >= 0.6 is 0 Å². The molecule has 0 bridgehead atoms. The molecule has 2 atom stereocenters. The van der Waals surface area contributed by atoms with Gasteiger partial charge in [-0.2, -0.15) is 0 Å². The molecule has 0 amide bonds. The summed E-state index contributed by atoms with van der Waals surface area (Å²) in [6.45, 7) is 0.342. The maximum atomic E-state index is 11.4. The van der Waals surface area contributed by atoms with Gasteiger partial charge in [0.1, 0.15) is 0 Å². The Morgan fingerprint density at radius 2 is 1.67 bits per heavy atom. The average Bonchev–Trinajstić information content (AvgIpc) is 2.60. The van der Waals surface area contributed by atoms with Crippen LogP contribution in [0.15, 0.2) is 66.7 Å². The van der Waals surface area contributed by atoms with Crippen molar-refractivity contribution in [1.29, 1.82) is 0 Å². The first-order valence-corrected chi connectivity index (χ1v) is 7.91. The van der Waals surface area contributed by atoms with Crippen LogP contribution in [-0.4, -0.2) is 28.9 Å². The number of hydrogen-bond acceptors (Lipinski definition) is 3. The molecule has 2 N–H and O–H groups in total. The molecule has 0 saturated carbocycles. The molecule has 0 aliphatic heterocycles. The predicted molar refractivity (Wildman–Crippen MR) is 93.3 cm³/mol. The smallest absolute Gasteiger partial charge is 0.309 e. The van der Waals surface area contributed by atoms with Crippen LogP contribution in [-0.2, 0) is 16.1 Å². The van der Waals surface area contributed by atoms with Crippen molar-refractivity contribution in [2.24, 2.45) is 5.92 Å². The fourth-order valence-corrected chi connectivity index (χ4v) is 2.33. The first kappa shape index (κ1) is 17.9. The Morgan fingerprint density at radius 1 is 1.04 bits per heavy atom. The summed E-state index contributed by atoms with van der Waals surface area (Å²) >= 11 is 0. The summed E-state index contributed by atoms with van der Waals surface area (Å²) in [6.07, 6.45) is 2.83. The lowest BCUT2D eigenvalue weighted by Crippen LogP contribution is -2.31. The van der Waals surface area contributed by atoms with Gasteiger partial charge < -0.3 is 14.9 Å². The highest BCUT2D eigenvalue weighted by atomic mass is 16.5. The van der Waals surface area contributed by atoms with Gasteiger partial charge in [-0.1, -0.05) is 72.8 Å². The summed E-state index contributed by atoms with van der Waals surface area (Å²) in [5, 5.41) is 19.4. The van der Waals surface area contributed by atoms with Crippen molar-refractivity contribution in [3.05, 3.63) is 77.9 Å². The minimum atomic E-state index is -1.05. The van der Waals surface area contributed by atoms with Crippen LogP contribution in [0.1, 0.15) is 17.5 Å². The van der Waals surface area contributed by atoms with Crippen LogP contribution in [0.4, 0.5) is 0 Å². The lowest BCUT2D eigenvalue weighted by atomic mass is 9.98. The van der Waals surface area contributed by atoms with Crippen molar-refractivity contribution < 1.29 is 19.7 Å². The van der Waals surface area contributed by atoms with Gasteiger partial charge in [0.15, 0.2) is 0 Å². The molecule has 4 heteroatoms. The highest BCUT2D eigenvalue weighted by Gasteiger charge is 2.25. The zero-order valence-corrected chi connectivity index (χ0v) is 13.4. The van der Waals surface area contributed by atoms with Crippen LogP contribution in [0, 0.1) is 5.92 Å². The third-order valence-corrected chi connectivity index (χ3v) is 3.68. The number of carboxylic acids is 1. The molecule has 0 saturated heterocycles. The molecule has 0 heterocycles. The lowest BCUT2D eigenvalue weighted by molar-refractivity contribution is -0.147. The molecule has 0 fully saturated rings. The minimum absolute atomic E-state index is 0.00889. The molecule has 126 valence electrons. The van der Waals surface area contributed by atoms with E-state index >= 15 is 0 Å². The minimum Gasteiger partial charge on any atom is -0.481 e. The number of aliphatic hydroxyl groups excluding tert-OH is 1. The highest BCUT2D eigenvalue weighted by molar-refractivity contribution is 5.71. The first-order chi connectivity index (χ1) is 11.7. The van der Waals surface area contributed by atoms with Gasteiger partial charge in [-0.15, -0.1) is 0 Å². The largest absolute Gasteiger partial charge is 0.481 e. The van der Waals surface area contributed by atoms with Crippen molar-refractivity contribution in [1.82, 2.24) is 0 Å². The fourth-order valence-electron chi connectivity index (χ4n) is 2.33. The number of aliphatic carboxylic acids is 1. The third kappa shape index (κ3) is 5.99. The highest BCUT2D eigenvalue weighted by Crippen LogP contribution is 2.14. The van der Waals surface area contributed by atoms with E-state index in [4.69, 9.17) is 4.74 Å². The Labute approximate surface area is 142 Å². The van der Waals surface area contributed by atoms with Gasteiger partial charge in [0.05, 0.1) is 25.2 Å². The zero-order valence-electron chi connectivity index (χ0n) is 13.4. The van der Waals surface area contributed by atoms with Crippen molar-refractivity contribution in [2.45, 2.75) is 19.1 Å². The summed E-state index contributed by atoms with van der Waals surface area (Å²) in [7, 11) is 0. The molecule has 4 nitrogen and oxygen atoms in total.